The number of unbranched alkanes of at least 4 members (excludes halogenated alkanes) is 3. The highest BCUT2D eigenvalue weighted by molar-refractivity contribution is 5.98. The largest absolute Gasteiger partial charge is 0.0891 e. The third kappa shape index (κ3) is 3.26. The summed E-state index contributed by atoms with van der Waals surface area (Å²) in [4.78, 5) is 0. The van der Waals surface area contributed by atoms with Crippen LogP contribution in [0, 0.1) is 12.3 Å². The minimum Gasteiger partial charge on any atom is -0.0891 e. The third-order valence-electron chi connectivity index (χ3n) is 4.04. The summed E-state index contributed by atoms with van der Waals surface area (Å²) in [5.74, 6) is 2.46. The highest BCUT2D eigenvalue weighted by atomic mass is 14.0. The molecular formula is C21H19. The van der Waals surface area contributed by atoms with Crippen molar-refractivity contribution in [3.05, 3.63) is 66.6 Å². The summed E-state index contributed by atoms with van der Waals surface area (Å²) < 4.78 is 0. The molecule has 0 spiro atoms. The summed E-state index contributed by atoms with van der Waals surface area (Å²) in [6.45, 7) is 0. The monoisotopic (exact) mass is 271 g/mol. The van der Waals surface area contributed by atoms with Crippen molar-refractivity contribution in [2.45, 2.75) is 32.1 Å². The molecule has 1 radical (unpaired) electrons. The summed E-state index contributed by atoms with van der Waals surface area (Å²) in [6, 6.07) is 19.9. The molecule has 0 amide bonds. The van der Waals surface area contributed by atoms with Crippen molar-refractivity contribution in [2.24, 2.45) is 0 Å². The fraction of sp³-hybridized carbons (Fsp3) is 0.238. The minimum absolute atomic E-state index is 0.795. The zero-order valence-corrected chi connectivity index (χ0v) is 12.2. The molecule has 0 aliphatic heterocycles. The van der Waals surface area contributed by atoms with Gasteiger partial charge < -0.3 is 0 Å². The number of benzene rings is 3. The molecule has 0 saturated heterocycles. The Morgan fingerprint density at radius 2 is 1.43 bits per heavy atom. The molecule has 0 fully saturated rings. The van der Waals surface area contributed by atoms with Crippen LogP contribution in [0.4, 0.5) is 0 Å². The Balaban J connectivity index is 1.79. The van der Waals surface area contributed by atoms with Crippen molar-refractivity contribution >= 4 is 21.5 Å². The number of rotatable bonds is 5. The second-order valence-electron chi connectivity index (χ2n) is 5.62. The summed E-state index contributed by atoms with van der Waals surface area (Å²) in [5.41, 5.74) is 1.41. The van der Waals surface area contributed by atoms with E-state index >= 15 is 0 Å². The Labute approximate surface area is 126 Å². The van der Waals surface area contributed by atoms with Gasteiger partial charge in [-0.05, 0) is 64.9 Å². The molecule has 0 heteroatoms. The van der Waals surface area contributed by atoms with Crippen LogP contribution in [0.5, 0.6) is 0 Å². The summed E-state index contributed by atoms with van der Waals surface area (Å²) in [6.07, 6.45) is 12.3. The first-order valence-electron chi connectivity index (χ1n) is 7.68. The first kappa shape index (κ1) is 13.7. The van der Waals surface area contributed by atoms with Gasteiger partial charge in [0, 0.05) is 6.42 Å². The highest BCUT2D eigenvalue weighted by Crippen LogP contribution is 2.24. The van der Waals surface area contributed by atoms with E-state index in [0.717, 1.165) is 19.3 Å². The SMILES string of the molecule is [C]#CCCCCCc1ccc2cc3ccccc3cc2c1. The van der Waals surface area contributed by atoms with Crippen LogP contribution in [-0.2, 0) is 6.42 Å². The maximum atomic E-state index is 6.91. The van der Waals surface area contributed by atoms with Crippen molar-refractivity contribution in [2.75, 3.05) is 0 Å². The second kappa shape index (κ2) is 6.46. The van der Waals surface area contributed by atoms with E-state index in [4.69, 9.17) is 6.42 Å². The number of fused-ring (bicyclic) bond motifs is 2. The predicted octanol–water partition coefficient (Wildman–Crippen LogP) is 5.69. The van der Waals surface area contributed by atoms with E-state index < -0.39 is 0 Å². The first-order chi connectivity index (χ1) is 10.4. The van der Waals surface area contributed by atoms with Gasteiger partial charge in [-0.15, -0.1) is 0 Å². The van der Waals surface area contributed by atoms with Gasteiger partial charge in [0.05, 0.1) is 0 Å². The van der Waals surface area contributed by atoms with Gasteiger partial charge in [-0.2, -0.15) is 0 Å². The van der Waals surface area contributed by atoms with Crippen molar-refractivity contribution in [3.8, 4) is 5.92 Å². The van der Waals surface area contributed by atoms with Crippen LogP contribution >= 0.6 is 0 Å². The molecule has 0 aliphatic rings. The Bertz CT molecular complexity index is 790. The van der Waals surface area contributed by atoms with Gasteiger partial charge in [0.15, 0.2) is 0 Å². The molecule has 3 aromatic carbocycles. The first-order valence-corrected chi connectivity index (χ1v) is 7.68. The van der Waals surface area contributed by atoms with Crippen LogP contribution < -0.4 is 0 Å². The Morgan fingerprint density at radius 3 is 2.19 bits per heavy atom. The molecule has 103 valence electrons. The molecule has 21 heavy (non-hydrogen) atoms. The van der Waals surface area contributed by atoms with E-state index in [2.05, 4.69) is 60.5 Å². The zero-order chi connectivity index (χ0) is 14.5. The van der Waals surface area contributed by atoms with E-state index in [1.54, 1.807) is 0 Å². The topological polar surface area (TPSA) is 0 Å². The van der Waals surface area contributed by atoms with Gasteiger partial charge in [-0.1, -0.05) is 54.8 Å². The van der Waals surface area contributed by atoms with Crippen molar-refractivity contribution in [3.63, 3.8) is 0 Å². The fourth-order valence-corrected chi connectivity index (χ4v) is 2.86. The summed E-state index contributed by atoms with van der Waals surface area (Å²) in [5, 5.41) is 5.26. The van der Waals surface area contributed by atoms with Crippen LogP contribution in [0.15, 0.2) is 54.6 Å². The number of hydrogen-bond donors (Lipinski definition) is 0. The van der Waals surface area contributed by atoms with E-state index in [1.807, 2.05) is 0 Å². The highest BCUT2D eigenvalue weighted by Gasteiger charge is 2.00. The molecule has 0 heterocycles. The molecule has 0 nitrogen and oxygen atoms in total. The van der Waals surface area contributed by atoms with Crippen LogP contribution in [-0.4, -0.2) is 0 Å². The quantitative estimate of drug-likeness (QED) is 0.318. The second-order valence-corrected chi connectivity index (χ2v) is 5.62. The molecule has 0 atom stereocenters. The van der Waals surface area contributed by atoms with Gasteiger partial charge in [-0.3, -0.25) is 0 Å². The Morgan fingerprint density at radius 1 is 0.714 bits per heavy atom. The fourth-order valence-electron chi connectivity index (χ4n) is 2.86. The molecular weight excluding hydrogens is 252 g/mol. The van der Waals surface area contributed by atoms with E-state index in [-0.39, 0.29) is 0 Å². The molecule has 0 aromatic heterocycles. The van der Waals surface area contributed by atoms with Crippen LogP contribution in [0.3, 0.4) is 0 Å². The lowest BCUT2D eigenvalue weighted by Gasteiger charge is -2.06. The van der Waals surface area contributed by atoms with Crippen molar-refractivity contribution in [1.82, 2.24) is 0 Å². The zero-order valence-electron chi connectivity index (χ0n) is 12.2. The van der Waals surface area contributed by atoms with Gasteiger partial charge in [0.2, 0.25) is 0 Å². The van der Waals surface area contributed by atoms with Crippen molar-refractivity contribution < 1.29 is 0 Å². The third-order valence-corrected chi connectivity index (χ3v) is 4.04. The molecule has 3 aromatic rings. The number of hydrogen-bond acceptors (Lipinski definition) is 0. The van der Waals surface area contributed by atoms with Crippen LogP contribution in [0.25, 0.3) is 21.5 Å². The van der Waals surface area contributed by atoms with E-state index in [0.29, 0.717) is 0 Å². The van der Waals surface area contributed by atoms with Crippen LogP contribution in [0.2, 0.25) is 0 Å². The number of aryl methyl sites for hydroxylation is 1. The molecule has 0 saturated carbocycles. The van der Waals surface area contributed by atoms with E-state index in [1.165, 1.54) is 39.9 Å². The van der Waals surface area contributed by atoms with Gasteiger partial charge >= 0.3 is 0 Å². The van der Waals surface area contributed by atoms with Gasteiger partial charge in [-0.25, -0.2) is 0 Å². The Hall–Kier alpha value is -2.26. The lowest BCUT2D eigenvalue weighted by Crippen LogP contribution is -1.86. The lowest BCUT2D eigenvalue weighted by molar-refractivity contribution is 0.693. The summed E-state index contributed by atoms with van der Waals surface area (Å²) >= 11 is 0. The lowest BCUT2D eigenvalue weighted by atomic mass is 9.99. The standard InChI is InChI=1S/C21H19/c1-2-3-4-5-6-9-17-12-13-20-15-18-10-7-8-11-19(18)16-21(20)14-17/h7-8,10-16H,3-6,9H2. The molecule has 3 rings (SSSR count). The normalized spacial score (nSPS) is 10.8. The average Bonchev–Trinajstić information content (AvgIpc) is 2.52. The van der Waals surface area contributed by atoms with Crippen LogP contribution in [0.1, 0.15) is 31.2 Å². The molecule has 0 unspecified atom stereocenters. The molecule has 0 bridgehead atoms. The predicted molar refractivity (Wildman–Crippen MR) is 90.8 cm³/mol. The summed E-state index contributed by atoms with van der Waals surface area (Å²) in [7, 11) is 0. The van der Waals surface area contributed by atoms with Gasteiger partial charge in [0.1, 0.15) is 0 Å². The maximum absolute atomic E-state index is 6.91. The maximum Gasteiger partial charge on any atom is 0.00989 e. The van der Waals surface area contributed by atoms with Gasteiger partial charge in [0.25, 0.3) is 0 Å². The van der Waals surface area contributed by atoms with E-state index in [9.17, 15) is 0 Å². The Kier molecular flexibility index (Phi) is 4.22. The molecule has 0 aliphatic carbocycles. The molecule has 0 N–H and O–H groups in total. The van der Waals surface area contributed by atoms with Crippen molar-refractivity contribution in [1.29, 1.82) is 0 Å². The average molecular weight is 271 g/mol. The smallest absolute Gasteiger partial charge is 0.00989 e. The minimum atomic E-state index is 0.795.